The van der Waals surface area contributed by atoms with E-state index in [1.807, 2.05) is 0 Å². The highest BCUT2D eigenvalue weighted by molar-refractivity contribution is 8.07. The maximum absolute atomic E-state index is 12.1. The zero-order valence-electron chi connectivity index (χ0n) is 13.0. The number of aromatic nitrogens is 1. The smallest absolute Gasteiger partial charge is 0.357 e. The average molecular weight is 338 g/mol. The molecule has 2 aromatic heterocycles. The van der Waals surface area contributed by atoms with Crippen molar-refractivity contribution in [2.75, 3.05) is 10.0 Å². The van der Waals surface area contributed by atoms with Crippen molar-refractivity contribution in [3.05, 3.63) is 36.2 Å². The summed E-state index contributed by atoms with van der Waals surface area (Å²) in [6.07, 6.45) is 2.99. The molecular weight excluding hydrogens is 320 g/mol. The molecule has 0 fully saturated rings. The number of anilines is 3. The number of furan rings is 1. The summed E-state index contributed by atoms with van der Waals surface area (Å²) in [7, 11) is -4.24. The normalized spacial score (nSPS) is 11.3. The summed E-state index contributed by atoms with van der Waals surface area (Å²) in [6.45, 7) is 5.05. The van der Waals surface area contributed by atoms with Crippen LogP contribution in [0, 0.1) is 6.92 Å². The van der Waals surface area contributed by atoms with Crippen LogP contribution < -0.4 is 15.4 Å². The summed E-state index contributed by atoms with van der Waals surface area (Å²) in [4.78, 5) is 15.9. The second kappa shape index (κ2) is 6.69. The number of nitrogens with zero attached hydrogens (tertiary/aromatic N) is 1. The zero-order chi connectivity index (χ0) is 17.0. The highest BCUT2D eigenvalue weighted by Gasteiger charge is 2.25. The molecule has 0 saturated heterocycles. The molecule has 0 aliphatic rings. The number of hydrogen-bond donors (Lipinski definition) is 3. The maximum Gasteiger partial charge on any atom is 0.357 e. The van der Waals surface area contributed by atoms with Crippen LogP contribution >= 0.6 is 0 Å². The fourth-order valence-electron chi connectivity index (χ4n) is 1.74. The van der Waals surface area contributed by atoms with Crippen LogP contribution in [0.15, 0.2) is 35.1 Å². The Morgan fingerprint density at radius 2 is 2.04 bits per heavy atom. The molecule has 0 radical (unpaired) electrons. The van der Waals surface area contributed by atoms with E-state index in [-0.39, 0.29) is 17.5 Å². The largest absolute Gasteiger partial charge is 0.449 e. The summed E-state index contributed by atoms with van der Waals surface area (Å²) < 4.78 is 31.7. The van der Waals surface area contributed by atoms with Crippen molar-refractivity contribution in [1.29, 1.82) is 0 Å². The molecule has 0 aliphatic carbocycles. The molecule has 124 valence electrons. The summed E-state index contributed by atoms with van der Waals surface area (Å²) in [5.41, 5.74) is 0.790. The van der Waals surface area contributed by atoms with E-state index >= 15 is 0 Å². The molecule has 0 atom stereocenters. The van der Waals surface area contributed by atoms with Gasteiger partial charge < -0.3 is 15.1 Å². The van der Waals surface area contributed by atoms with Gasteiger partial charge in [-0.2, -0.15) is 8.42 Å². The lowest BCUT2D eigenvalue weighted by atomic mass is 10.2. The van der Waals surface area contributed by atoms with Gasteiger partial charge in [0.1, 0.15) is 0 Å². The van der Waals surface area contributed by atoms with Crippen molar-refractivity contribution in [1.82, 2.24) is 10.3 Å². The Bertz CT molecular complexity index is 785. The minimum Gasteiger partial charge on any atom is -0.449 e. The van der Waals surface area contributed by atoms with Crippen molar-refractivity contribution in [2.45, 2.75) is 26.8 Å². The van der Waals surface area contributed by atoms with E-state index in [9.17, 15) is 13.2 Å². The zero-order valence-corrected chi connectivity index (χ0v) is 13.8. The summed E-state index contributed by atoms with van der Waals surface area (Å²) in [5.74, 6) is 0.635. The van der Waals surface area contributed by atoms with Gasteiger partial charge >= 0.3 is 15.3 Å². The van der Waals surface area contributed by atoms with Gasteiger partial charge in [-0.25, -0.2) is 4.98 Å². The van der Waals surface area contributed by atoms with Crippen molar-refractivity contribution < 1.29 is 17.6 Å². The van der Waals surface area contributed by atoms with Gasteiger partial charge in [-0.3, -0.25) is 9.52 Å². The third-order valence-corrected chi connectivity index (χ3v) is 3.89. The summed E-state index contributed by atoms with van der Waals surface area (Å²) >= 11 is 0. The molecule has 0 saturated carbocycles. The third kappa shape index (κ3) is 4.22. The Hall–Kier alpha value is -2.55. The van der Waals surface area contributed by atoms with Crippen LogP contribution in [-0.2, 0) is 10.0 Å². The standard InChI is InChI=1S/C14H18N4O4S/c1-9(2)16-14(19)23(20,21)18-12-10(3)6-7-15-13(12)17-11-5-4-8-22-11/h4-9,18H,1-3H3,(H,15,17)(H,16,19). The van der Waals surface area contributed by atoms with Crippen LogP contribution in [0.1, 0.15) is 19.4 Å². The molecule has 2 aromatic rings. The van der Waals surface area contributed by atoms with E-state index in [4.69, 9.17) is 4.42 Å². The summed E-state index contributed by atoms with van der Waals surface area (Å²) in [6, 6.07) is 4.67. The Morgan fingerprint density at radius 3 is 2.65 bits per heavy atom. The second-order valence-corrected chi connectivity index (χ2v) is 6.73. The number of pyridine rings is 1. The average Bonchev–Trinajstić information content (AvgIpc) is 2.95. The van der Waals surface area contributed by atoms with Crippen molar-refractivity contribution in [3.63, 3.8) is 0 Å². The second-order valence-electron chi connectivity index (χ2n) is 5.15. The van der Waals surface area contributed by atoms with Gasteiger partial charge in [0.05, 0.1) is 12.0 Å². The number of carbonyl (C=O) groups is 1. The molecular formula is C14H18N4O4S. The van der Waals surface area contributed by atoms with Crippen LogP contribution in [0.3, 0.4) is 0 Å². The lowest BCUT2D eigenvalue weighted by Crippen LogP contribution is -2.38. The van der Waals surface area contributed by atoms with Gasteiger partial charge in [0.15, 0.2) is 11.7 Å². The molecule has 2 rings (SSSR count). The topological polar surface area (TPSA) is 113 Å². The number of carbonyl (C=O) groups excluding carboxylic acids is 1. The van der Waals surface area contributed by atoms with Crippen LogP contribution in [-0.4, -0.2) is 24.7 Å². The monoisotopic (exact) mass is 338 g/mol. The number of hydrogen-bond acceptors (Lipinski definition) is 6. The van der Waals surface area contributed by atoms with E-state index in [1.165, 1.54) is 12.5 Å². The molecule has 3 N–H and O–H groups in total. The Kier molecular flexibility index (Phi) is 4.89. The molecule has 0 aromatic carbocycles. The van der Waals surface area contributed by atoms with E-state index < -0.39 is 15.3 Å². The predicted molar refractivity (Wildman–Crippen MR) is 87.2 cm³/mol. The van der Waals surface area contributed by atoms with Crippen LogP contribution in [0.25, 0.3) is 0 Å². The Morgan fingerprint density at radius 1 is 1.30 bits per heavy atom. The molecule has 8 nitrogen and oxygen atoms in total. The number of sulfonamides is 1. The SMILES string of the molecule is Cc1ccnc(Nc2ccco2)c1NS(=O)(=O)C(=O)NC(C)C. The first-order valence-electron chi connectivity index (χ1n) is 6.89. The van der Waals surface area contributed by atoms with Gasteiger partial charge in [-0.15, -0.1) is 0 Å². The molecule has 9 heteroatoms. The number of nitrogens with one attached hydrogen (secondary N) is 3. The molecule has 2 heterocycles. The van der Waals surface area contributed by atoms with E-state index in [0.29, 0.717) is 11.4 Å². The lowest BCUT2D eigenvalue weighted by Gasteiger charge is -2.15. The fraction of sp³-hybridized carbons (Fsp3) is 0.286. The first-order valence-corrected chi connectivity index (χ1v) is 8.37. The van der Waals surface area contributed by atoms with Crippen molar-refractivity contribution in [2.24, 2.45) is 0 Å². The molecule has 0 spiro atoms. The van der Waals surface area contributed by atoms with Crippen molar-refractivity contribution >= 4 is 32.7 Å². The predicted octanol–water partition coefficient (Wildman–Crippen LogP) is 2.59. The number of aryl methyl sites for hydroxylation is 1. The third-order valence-electron chi connectivity index (χ3n) is 2.81. The van der Waals surface area contributed by atoms with Gasteiger partial charge in [0.25, 0.3) is 0 Å². The van der Waals surface area contributed by atoms with E-state index in [0.717, 1.165) is 0 Å². The Balaban J connectivity index is 2.30. The maximum atomic E-state index is 12.1. The quantitative estimate of drug-likeness (QED) is 0.772. The van der Waals surface area contributed by atoms with E-state index in [1.54, 1.807) is 39.0 Å². The minimum absolute atomic E-state index is 0.183. The molecule has 0 unspecified atom stereocenters. The van der Waals surface area contributed by atoms with Gasteiger partial charge in [0.2, 0.25) is 0 Å². The molecule has 23 heavy (non-hydrogen) atoms. The van der Waals surface area contributed by atoms with Gasteiger partial charge in [0, 0.05) is 18.3 Å². The fourth-order valence-corrected chi connectivity index (χ4v) is 2.75. The summed E-state index contributed by atoms with van der Waals surface area (Å²) in [5, 5.41) is 4.10. The molecule has 0 bridgehead atoms. The first kappa shape index (κ1) is 16.8. The van der Waals surface area contributed by atoms with Gasteiger partial charge in [-0.05, 0) is 38.5 Å². The van der Waals surface area contributed by atoms with Crippen LogP contribution in [0.2, 0.25) is 0 Å². The highest BCUT2D eigenvalue weighted by atomic mass is 32.2. The van der Waals surface area contributed by atoms with Crippen LogP contribution in [0.5, 0.6) is 0 Å². The molecule has 0 aliphatic heterocycles. The minimum atomic E-state index is -4.24. The number of amides is 1. The van der Waals surface area contributed by atoms with E-state index in [2.05, 4.69) is 20.3 Å². The molecule has 1 amide bonds. The number of rotatable bonds is 5. The highest BCUT2D eigenvalue weighted by Crippen LogP contribution is 2.27. The Labute approximate surface area is 134 Å². The first-order chi connectivity index (χ1) is 10.8. The van der Waals surface area contributed by atoms with Crippen LogP contribution in [0.4, 0.5) is 22.2 Å². The van der Waals surface area contributed by atoms with Crippen molar-refractivity contribution in [3.8, 4) is 0 Å². The van der Waals surface area contributed by atoms with Gasteiger partial charge in [-0.1, -0.05) is 0 Å². The lowest BCUT2D eigenvalue weighted by molar-refractivity contribution is 0.256.